The average molecular weight is 820 g/mol. The molecule has 0 bridgehead atoms. The largest absolute Gasteiger partial charge is 0.466 e. The number of ether oxygens (including phenoxy) is 2. The number of esters is 2. The molecule has 314 valence electrons. The van der Waals surface area contributed by atoms with Gasteiger partial charge in [0.05, 0.1) is 12.5 Å². The number of unbranched alkanes of at least 4 members (excludes halogenated alkanes) is 18. The van der Waals surface area contributed by atoms with Gasteiger partial charge in [-0.05, 0) is 90.3 Å². The van der Waals surface area contributed by atoms with Gasteiger partial charge in [0.2, 0.25) is 0 Å². The van der Waals surface area contributed by atoms with Gasteiger partial charge in [-0.2, -0.15) is 0 Å². The van der Waals surface area contributed by atoms with E-state index in [9.17, 15) is 9.59 Å². The minimum absolute atomic E-state index is 0.0186. The van der Waals surface area contributed by atoms with Gasteiger partial charge in [0, 0.05) is 29.4 Å². The van der Waals surface area contributed by atoms with Gasteiger partial charge in [-0.1, -0.05) is 173 Å². The molecule has 1 fully saturated rings. The quantitative estimate of drug-likeness (QED) is 0.0343. The van der Waals surface area contributed by atoms with Crippen LogP contribution in [0.3, 0.4) is 0 Å². The summed E-state index contributed by atoms with van der Waals surface area (Å²) in [5.74, 6) is 5.53. The van der Waals surface area contributed by atoms with Crippen LogP contribution in [-0.4, -0.2) is 72.7 Å². The maximum absolute atomic E-state index is 13.0. The van der Waals surface area contributed by atoms with Crippen molar-refractivity contribution in [1.82, 2.24) is 4.90 Å². The predicted octanol–water partition coefficient (Wildman–Crippen LogP) is 14.4. The van der Waals surface area contributed by atoms with Crippen LogP contribution >= 0.6 is 43.2 Å². The molecule has 0 aromatic carbocycles. The van der Waals surface area contributed by atoms with Crippen LogP contribution < -0.4 is 0 Å². The van der Waals surface area contributed by atoms with Crippen molar-refractivity contribution in [3.05, 3.63) is 0 Å². The first-order valence-corrected chi connectivity index (χ1v) is 27.5. The first-order valence-electron chi connectivity index (χ1n) is 22.5. The highest BCUT2D eigenvalue weighted by atomic mass is 33.1. The molecule has 0 aromatic rings. The van der Waals surface area contributed by atoms with E-state index in [0.29, 0.717) is 18.9 Å². The van der Waals surface area contributed by atoms with E-state index in [0.717, 1.165) is 82.4 Å². The lowest BCUT2D eigenvalue weighted by Gasteiger charge is -2.29. The van der Waals surface area contributed by atoms with E-state index >= 15 is 0 Å². The molecule has 1 unspecified atom stereocenters. The zero-order valence-corrected chi connectivity index (χ0v) is 38.5. The van der Waals surface area contributed by atoms with Gasteiger partial charge in [-0.15, -0.1) is 0 Å². The lowest BCUT2D eigenvalue weighted by atomic mass is 9.97. The van der Waals surface area contributed by atoms with E-state index in [1.807, 2.05) is 43.2 Å². The smallest absolute Gasteiger partial charge is 0.309 e. The molecule has 9 heteroatoms. The van der Waals surface area contributed by atoms with Crippen LogP contribution in [0.15, 0.2) is 0 Å². The summed E-state index contributed by atoms with van der Waals surface area (Å²) in [5, 5.41) is 0. The second-order valence-corrected chi connectivity index (χ2v) is 21.0. The summed E-state index contributed by atoms with van der Waals surface area (Å²) in [6.07, 6.45) is 33.3. The molecule has 0 spiro atoms. The molecule has 0 aliphatic carbocycles. The number of hydrogen-bond acceptors (Lipinski definition) is 9. The van der Waals surface area contributed by atoms with E-state index in [1.165, 1.54) is 127 Å². The Balaban J connectivity index is 2.25. The molecule has 0 radical (unpaired) electrons. The van der Waals surface area contributed by atoms with E-state index in [2.05, 4.69) is 32.7 Å². The lowest BCUT2D eigenvalue weighted by molar-refractivity contribution is -0.156. The van der Waals surface area contributed by atoms with Crippen LogP contribution in [-0.2, 0) is 19.1 Å². The second-order valence-electron chi connectivity index (χ2n) is 15.8. The summed E-state index contributed by atoms with van der Waals surface area (Å²) in [5.41, 5.74) is 0. The topological polar surface area (TPSA) is 55.8 Å². The molecule has 0 N–H and O–H groups in total. The van der Waals surface area contributed by atoms with E-state index < -0.39 is 0 Å². The van der Waals surface area contributed by atoms with E-state index in [1.54, 1.807) is 0 Å². The van der Waals surface area contributed by atoms with Crippen molar-refractivity contribution in [3.63, 3.8) is 0 Å². The monoisotopic (exact) mass is 820 g/mol. The molecule has 0 saturated carbocycles. The first-order chi connectivity index (χ1) is 26.0. The van der Waals surface area contributed by atoms with Gasteiger partial charge in [-0.3, -0.25) is 9.59 Å². The Morgan fingerprint density at radius 1 is 0.585 bits per heavy atom. The number of likely N-dealkylation sites (tertiary alicyclic amines) is 1. The van der Waals surface area contributed by atoms with Crippen LogP contribution in [0.25, 0.3) is 0 Å². The maximum Gasteiger partial charge on any atom is 0.309 e. The van der Waals surface area contributed by atoms with Crippen LogP contribution in [0, 0.1) is 11.8 Å². The van der Waals surface area contributed by atoms with Gasteiger partial charge >= 0.3 is 11.9 Å². The number of rotatable bonds is 39. The van der Waals surface area contributed by atoms with Crippen molar-refractivity contribution >= 4 is 55.1 Å². The van der Waals surface area contributed by atoms with Crippen molar-refractivity contribution in [1.29, 1.82) is 0 Å². The summed E-state index contributed by atoms with van der Waals surface area (Å²) < 4.78 is 11.9. The number of nitrogens with zero attached hydrogens (tertiary/aromatic N) is 1. The molecule has 1 saturated heterocycles. The Morgan fingerprint density at radius 2 is 1.04 bits per heavy atom. The summed E-state index contributed by atoms with van der Waals surface area (Å²) in [6.45, 7) is 9.38. The Morgan fingerprint density at radius 3 is 1.55 bits per heavy atom. The minimum Gasteiger partial charge on any atom is -0.466 e. The Hall–Kier alpha value is 0.300. The van der Waals surface area contributed by atoms with Crippen molar-refractivity contribution in [2.45, 2.75) is 207 Å². The van der Waals surface area contributed by atoms with Crippen molar-refractivity contribution in [3.8, 4) is 0 Å². The summed E-state index contributed by atoms with van der Waals surface area (Å²) in [6, 6.07) is 0. The van der Waals surface area contributed by atoms with Crippen molar-refractivity contribution in [2.24, 2.45) is 11.8 Å². The summed E-state index contributed by atoms with van der Waals surface area (Å²) in [7, 11) is 10.3. The fourth-order valence-electron chi connectivity index (χ4n) is 6.83. The molecule has 0 aromatic heterocycles. The molecule has 5 nitrogen and oxygen atoms in total. The fourth-order valence-corrected chi connectivity index (χ4v) is 12.2. The first kappa shape index (κ1) is 51.3. The van der Waals surface area contributed by atoms with Crippen LogP contribution in [0.4, 0.5) is 0 Å². The van der Waals surface area contributed by atoms with Gasteiger partial charge < -0.3 is 14.4 Å². The van der Waals surface area contributed by atoms with Gasteiger partial charge in [0.15, 0.2) is 0 Å². The maximum atomic E-state index is 13.0. The van der Waals surface area contributed by atoms with E-state index in [4.69, 9.17) is 9.47 Å². The molecule has 1 aliphatic heterocycles. The second kappa shape index (κ2) is 39.1. The highest BCUT2D eigenvalue weighted by Gasteiger charge is 2.26. The molecule has 1 aliphatic rings. The van der Waals surface area contributed by atoms with Crippen LogP contribution in [0.1, 0.15) is 201 Å². The highest BCUT2D eigenvalue weighted by molar-refractivity contribution is 8.77. The molecular weight excluding hydrogens is 735 g/mol. The number of hydrogen-bond donors (Lipinski definition) is 0. The van der Waals surface area contributed by atoms with Crippen molar-refractivity contribution < 1.29 is 19.1 Å². The van der Waals surface area contributed by atoms with Gasteiger partial charge in [0.25, 0.3) is 0 Å². The molecular formula is C44H85NO4S4. The molecule has 1 rings (SSSR count). The third-order valence-electron chi connectivity index (χ3n) is 10.6. The standard InChI is InChI=1S/C44H85NO4S4/c1-5-8-11-14-15-16-19-22-27-42(49-44(47)41-30-33-45(4)34-31-41)28-23-20-17-18-21-24-29-43(46)48-35-32-40(38-52-50-36-25-12-9-6-2)39-53-51-37-26-13-10-7-3/h40-42H,5-39H2,1-4H3. The van der Waals surface area contributed by atoms with Crippen LogP contribution in [0.5, 0.6) is 0 Å². The zero-order valence-electron chi connectivity index (χ0n) is 35.2. The molecule has 53 heavy (non-hydrogen) atoms. The Labute approximate surface area is 345 Å². The van der Waals surface area contributed by atoms with Crippen molar-refractivity contribution in [2.75, 3.05) is 49.8 Å². The van der Waals surface area contributed by atoms with Gasteiger partial charge in [-0.25, -0.2) is 0 Å². The predicted molar refractivity (Wildman–Crippen MR) is 241 cm³/mol. The minimum atomic E-state index is -0.0186. The van der Waals surface area contributed by atoms with Crippen LogP contribution in [0.2, 0.25) is 0 Å². The van der Waals surface area contributed by atoms with E-state index in [-0.39, 0.29) is 24.0 Å². The summed E-state index contributed by atoms with van der Waals surface area (Å²) >= 11 is 0. The molecule has 1 atom stereocenters. The Bertz CT molecular complexity index is 796. The third-order valence-corrected chi connectivity index (χ3v) is 15.9. The lowest BCUT2D eigenvalue weighted by Crippen LogP contribution is -2.35. The Kier molecular flexibility index (Phi) is 37.9. The number of carbonyl (C=O) groups excluding carboxylic acids is 2. The molecule has 1 heterocycles. The highest BCUT2D eigenvalue weighted by Crippen LogP contribution is 2.32. The SMILES string of the molecule is CCCCCCCCCCC(CCCCCCCCC(=O)OCCC(CSSCCCCCC)CSSCCCCCC)OC(=O)C1CCN(C)CC1. The molecule has 0 amide bonds. The fraction of sp³-hybridized carbons (Fsp3) is 0.955. The summed E-state index contributed by atoms with van der Waals surface area (Å²) in [4.78, 5) is 27.9. The third kappa shape index (κ3) is 33.0. The number of carbonyl (C=O) groups is 2. The van der Waals surface area contributed by atoms with Gasteiger partial charge in [0.1, 0.15) is 6.10 Å². The average Bonchev–Trinajstić information content (AvgIpc) is 3.15. The zero-order chi connectivity index (χ0) is 38.5. The number of piperidine rings is 1. The normalized spacial score (nSPS) is 14.6.